The van der Waals surface area contributed by atoms with Crippen molar-refractivity contribution in [3.63, 3.8) is 0 Å². The van der Waals surface area contributed by atoms with Crippen LogP contribution in [0.4, 0.5) is 0 Å². The smallest absolute Gasteiger partial charge is 0.309 e. The number of primary sulfonamides is 1. The van der Waals surface area contributed by atoms with Gasteiger partial charge in [0, 0.05) is 13.1 Å². The van der Waals surface area contributed by atoms with Gasteiger partial charge in [-0.3, -0.25) is 9.59 Å². The Kier molecular flexibility index (Phi) is 6.51. The van der Waals surface area contributed by atoms with Gasteiger partial charge < -0.3 is 10.6 Å². The molecule has 0 radical (unpaired) electrons. The molecular weight excluding hydrogens is 306 g/mol. The first-order valence-electron chi connectivity index (χ1n) is 6.88. The molecule has 22 heavy (non-hydrogen) atoms. The number of nitrogens with one attached hydrogen (secondary N) is 2. The van der Waals surface area contributed by atoms with Gasteiger partial charge in [-0.2, -0.15) is 0 Å². The number of benzene rings is 1. The lowest BCUT2D eigenvalue weighted by atomic mass is 10.1. The SMILES string of the molecule is CC(C)CNC(=O)C(=O)NCCc1ccc(S(N)(=O)=O)cc1. The Morgan fingerprint density at radius 1 is 1.09 bits per heavy atom. The van der Waals surface area contributed by atoms with E-state index in [0.29, 0.717) is 13.0 Å². The molecule has 4 N–H and O–H groups in total. The molecule has 7 nitrogen and oxygen atoms in total. The second kappa shape index (κ2) is 7.90. The molecule has 0 aliphatic carbocycles. The van der Waals surface area contributed by atoms with Gasteiger partial charge in [0.2, 0.25) is 10.0 Å². The zero-order valence-electron chi connectivity index (χ0n) is 12.6. The molecule has 1 rings (SSSR count). The van der Waals surface area contributed by atoms with Gasteiger partial charge in [-0.05, 0) is 30.0 Å². The topological polar surface area (TPSA) is 118 Å². The van der Waals surface area contributed by atoms with Gasteiger partial charge in [-0.1, -0.05) is 26.0 Å². The highest BCUT2D eigenvalue weighted by Crippen LogP contribution is 2.08. The van der Waals surface area contributed by atoms with E-state index in [1.54, 1.807) is 12.1 Å². The molecule has 0 saturated heterocycles. The molecular formula is C14H21N3O4S. The van der Waals surface area contributed by atoms with Crippen molar-refractivity contribution in [1.82, 2.24) is 10.6 Å². The summed E-state index contributed by atoms with van der Waals surface area (Å²) in [6.45, 7) is 4.59. The molecule has 0 fully saturated rings. The van der Waals surface area contributed by atoms with Gasteiger partial charge in [0.1, 0.15) is 0 Å². The summed E-state index contributed by atoms with van der Waals surface area (Å²) in [4.78, 5) is 23.0. The van der Waals surface area contributed by atoms with E-state index in [-0.39, 0.29) is 17.4 Å². The summed E-state index contributed by atoms with van der Waals surface area (Å²) in [7, 11) is -3.70. The third-order valence-corrected chi connectivity index (χ3v) is 3.76. The monoisotopic (exact) mass is 327 g/mol. The largest absolute Gasteiger partial charge is 0.348 e. The van der Waals surface area contributed by atoms with Crippen molar-refractivity contribution in [3.8, 4) is 0 Å². The number of amides is 2. The average Bonchev–Trinajstić information content (AvgIpc) is 2.44. The van der Waals surface area contributed by atoms with Crippen LogP contribution < -0.4 is 15.8 Å². The highest BCUT2D eigenvalue weighted by molar-refractivity contribution is 7.89. The van der Waals surface area contributed by atoms with Gasteiger partial charge >= 0.3 is 11.8 Å². The molecule has 8 heteroatoms. The van der Waals surface area contributed by atoms with Crippen LogP contribution in [0.3, 0.4) is 0 Å². The summed E-state index contributed by atoms with van der Waals surface area (Å²) < 4.78 is 22.2. The zero-order chi connectivity index (χ0) is 16.8. The Bertz CT molecular complexity index is 624. The van der Waals surface area contributed by atoms with Crippen molar-refractivity contribution in [1.29, 1.82) is 0 Å². The summed E-state index contributed by atoms with van der Waals surface area (Å²) in [6.07, 6.45) is 0.480. The number of rotatable bonds is 6. The van der Waals surface area contributed by atoms with Crippen LogP contribution >= 0.6 is 0 Å². The quantitative estimate of drug-likeness (QED) is 0.625. The summed E-state index contributed by atoms with van der Waals surface area (Å²) in [5, 5.41) is 10.0. The Morgan fingerprint density at radius 3 is 2.14 bits per heavy atom. The van der Waals surface area contributed by atoms with Gasteiger partial charge in [-0.25, -0.2) is 13.6 Å². The molecule has 0 unspecified atom stereocenters. The molecule has 0 aliphatic heterocycles. The van der Waals surface area contributed by atoms with Crippen molar-refractivity contribution in [2.24, 2.45) is 11.1 Å². The maximum Gasteiger partial charge on any atom is 0.309 e. The molecule has 1 aromatic carbocycles. The first-order valence-corrected chi connectivity index (χ1v) is 8.42. The lowest BCUT2D eigenvalue weighted by Gasteiger charge is -2.08. The number of hydrogen-bond donors (Lipinski definition) is 3. The third-order valence-electron chi connectivity index (χ3n) is 2.83. The Balaban J connectivity index is 2.41. The summed E-state index contributed by atoms with van der Waals surface area (Å²) >= 11 is 0. The molecule has 0 heterocycles. The maximum absolute atomic E-state index is 11.5. The third kappa shape index (κ3) is 6.23. The highest BCUT2D eigenvalue weighted by atomic mass is 32.2. The number of hydrogen-bond acceptors (Lipinski definition) is 4. The van der Waals surface area contributed by atoms with Crippen LogP contribution in [0, 0.1) is 5.92 Å². The van der Waals surface area contributed by atoms with Gasteiger partial charge in [0.15, 0.2) is 0 Å². The highest BCUT2D eigenvalue weighted by Gasteiger charge is 2.12. The number of carbonyl (C=O) groups is 2. The van der Waals surface area contributed by atoms with Crippen LogP contribution in [-0.4, -0.2) is 33.3 Å². The Morgan fingerprint density at radius 2 is 1.64 bits per heavy atom. The first-order chi connectivity index (χ1) is 10.2. The molecule has 0 spiro atoms. The van der Waals surface area contributed by atoms with Crippen molar-refractivity contribution in [2.75, 3.05) is 13.1 Å². The molecule has 122 valence electrons. The standard InChI is InChI=1S/C14H21N3O4S/c1-10(2)9-17-14(19)13(18)16-8-7-11-3-5-12(6-4-11)22(15,20)21/h3-6,10H,7-9H2,1-2H3,(H,16,18)(H,17,19)(H2,15,20,21). The van der Waals surface area contributed by atoms with Crippen LogP contribution in [0.5, 0.6) is 0 Å². The van der Waals surface area contributed by atoms with E-state index in [4.69, 9.17) is 5.14 Å². The zero-order valence-corrected chi connectivity index (χ0v) is 13.4. The summed E-state index contributed by atoms with van der Waals surface area (Å²) in [6, 6.07) is 6.04. The van der Waals surface area contributed by atoms with E-state index >= 15 is 0 Å². The predicted molar refractivity (Wildman–Crippen MR) is 82.4 cm³/mol. The van der Waals surface area contributed by atoms with Crippen molar-refractivity contribution in [3.05, 3.63) is 29.8 Å². The van der Waals surface area contributed by atoms with Gasteiger partial charge in [-0.15, -0.1) is 0 Å². The maximum atomic E-state index is 11.5. The number of nitrogens with two attached hydrogens (primary N) is 1. The second-order valence-corrected chi connectivity index (χ2v) is 6.86. The fraction of sp³-hybridized carbons (Fsp3) is 0.429. The molecule has 0 atom stereocenters. The normalized spacial score (nSPS) is 11.3. The first kappa shape index (κ1) is 18.1. The van der Waals surface area contributed by atoms with Crippen molar-refractivity contribution < 1.29 is 18.0 Å². The van der Waals surface area contributed by atoms with Gasteiger partial charge in [0.05, 0.1) is 4.90 Å². The summed E-state index contributed by atoms with van der Waals surface area (Å²) in [5.74, 6) is -1.06. The molecule has 1 aromatic rings. The number of sulfonamides is 1. The van der Waals surface area contributed by atoms with E-state index in [9.17, 15) is 18.0 Å². The van der Waals surface area contributed by atoms with E-state index in [2.05, 4.69) is 10.6 Å². The molecule has 0 bridgehead atoms. The van der Waals surface area contributed by atoms with Crippen LogP contribution in [0.1, 0.15) is 19.4 Å². The molecule has 2 amide bonds. The number of carbonyl (C=O) groups excluding carboxylic acids is 2. The Labute approximate surface area is 130 Å². The van der Waals surface area contributed by atoms with Crippen LogP contribution in [0.15, 0.2) is 29.2 Å². The molecule has 0 saturated carbocycles. The Hall–Kier alpha value is -1.93. The van der Waals surface area contributed by atoms with E-state index < -0.39 is 21.8 Å². The van der Waals surface area contributed by atoms with Crippen LogP contribution in [-0.2, 0) is 26.0 Å². The lowest BCUT2D eigenvalue weighted by molar-refractivity contribution is -0.139. The average molecular weight is 327 g/mol. The van der Waals surface area contributed by atoms with Crippen LogP contribution in [0.2, 0.25) is 0 Å². The van der Waals surface area contributed by atoms with Crippen molar-refractivity contribution in [2.45, 2.75) is 25.2 Å². The van der Waals surface area contributed by atoms with E-state index in [0.717, 1.165) is 5.56 Å². The second-order valence-electron chi connectivity index (χ2n) is 5.30. The van der Waals surface area contributed by atoms with E-state index in [1.165, 1.54) is 12.1 Å². The lowest BCUT2D eigenvalue weighted by Crippen LogP contribution is -2.41. The molecule has 0 aromatic heterocycles. The van der Waals surface area contributed by atoms with E-state index in [1.807, 2.05) is 13.8 Å². The fourth-order valence-corrected chi connectivity index (χ4v) is 2.14. The van der Waals surface area contributed by atoms with Crippen molar-refractivity contribution >= 4 is 21.8 Å². The minimum absolute atomic E-state index is 0.0355. The molecule has 0 aliphatic rings. The van der Waals surface area contributed by atoms with Crippen LogP contribution in [0.25, 0.3) is 0 Å². The fourth-order valence-electron chi connectivity index (χ4n) is 1.62. The minimum atomic E-state index is -3.70. The predicted octanol–water partition coefficient (Wildman–Crippen LogP) is -0.235. The summed E-state index contributed by atoms with van der Waals surface area (Å²) in [5.41, 5.74) is 0.829. The van der Waals surface area contributed by atoms with Gasteiger partial charge in [0.25, 0.3) is 0 Å². The minimum Gasteiger partial charge on any atom is -0.348 e.